The molecule has 0 spiro atoms. The van der Waals surface area contributed by atoms with Crippen molar-refractivity contribution in [1.82, 2.24) is 0 Å². The Morgan fingerprint density at radius 3 is 2.22 bits per heavy atom. The predicted molar refractivity (Wildman–Crippen MR) is 175 cm³/mol. The minimum atomic E-state index is -0.780. The number of aliphatic carboxylic acids is 1. The molecule has 45 heavy (non-hydrogen) atoms. The average Bonchev–Trinajstić information content (AvgIpc) is 2.94. The number of phenols is 1. The summed E-state index contributed by atoms with van der Waals surface area (Å²) in [5.74, 6) is -0.230. The zero-order chi connectivity index (χ0) is 32.8. The molecule has 3 N–H and O–H groups in total. The van der Waals surface area contributed by atoms with Crippen molar-refractivity contribution in [3.8, 4) is 5.75 Å². The van der Waals surface area contributed by atoms with Crippen LogP contribution >= 0.6 is 0 Å². The number of rotatable bonds is 4. The largest absolute Gasteiger partial charge is 0.508 e. The van der Waals surface area contributed by atoms with E-state index in [1.165, 1.54) is 11.6 Å². The molecule has 6 heteroatoms. The molecule has 5 aliphatic rings. The van der Waals surface area contributed by atoms with E-state index < -0.39 is 35.0 Å². The molecule has 0 radical (unpaired) electrons. The number of aromatic hydroxyl groups is 1. The minimum absolute atomic E-state index is 0.0131. The highest BCUT2D eigenvalue weighted by atomic mass is 16.6. The number of carbonyl (C=O) groups is 2. The second kappa shape index (κ2) is 10.5. The molecule has 0 bridgehead atoms. The Hall–Kier alpha value is -2.60. The van der Waals surface area contributed by atoms with Gasteiger partial charge in [-0.2, -0.15) is 0 Å². The molecule has 3 unspecified atom stereocenters. The van der Waals surface area contributed by atoms with Crippen molar-refractivity contribution in [1.29, 1.82) is 0 Å². The summed E-state index contributed by atoms with van der Waals surface area (Å²) in [6.45, 7) is 16.3. The van der Waals surface area contributed by atoms with Crippen LogP contribution in [0.25, 0.3) is 6.08 Å². The van der Waals surface area contributed by atoms with Crippen LogP contribution < -0.4 is 0 Å². The van der Waals surface area contributed by atoms with Gasteiger partial charge in [0.2, 0.25) is 0 Å². The third-order valence-corrected chi connectivity index (χ3v) is 14.5. The fourth-order valence-corrected chi connectivity index (χ4v) is 11.9. The fraction of sp³-hybridized carbons (Fsp3) is 0.692. The van der Waals surface area contributed by atoms with Crippen LogP contribution in [0.2, 0.25) is 0 Å². The van der Waals surface area contributed by atoms with Gasteiger partial charge >= 0.3 is 11.9 Å². The van der Waals surface area contributed by atoms with E-state index in [0.717, 1.165) is 56.9 Å². The van der Waals surface area contributed by atoms with Gasteiger partial charge in [-0.3, -0.25) is 4.79 Å². The average molecular weight is 619 g/mol. The first-order valence-electron chi connectivity index (χ1n) is 17.2. The smallest absolute Gasteiger partial charge is 0.331 e. The lowest BCUT2D eigenvalue weighted by atomic mass is 9.33. The van der Waals surface area contributed by atoms with Crippen LogP contribution in [0.15, 0.2) is 42.0 Å². The molecule has 9 atom stereocenters. The van der Waals surface area contributed by atoms with Crippen LogP contribution in [0.5, 0.6) is 5.75 Å². The molecule has 6 rings (SSSR count). The Kier molecular flexibility index (Phi) is 7.51. The van der Waals surface area contributed by atoms with E-state index >= 15 is 0 Å². The van der Waals surface area contributed by atoms with Crippen LogP contribution in [-0.2, 0) is 14.3 Å². The Morgan fingerprint density at radius 1 is 0.889 bits per heavy atom. The van der Waals surface area contributed by atoms with Crippen LogP contribution in [0, 0.1) is 50.2 Å². The molecule has 0 aromatic heterocycles. The monoisotopic (exact) mass is 618 g/mol. The van der Waals surface area contributed by atoms with Crippen molar-refractivity contribution in [2.24, 2.45) is 50.2 Å². The van der Waals surface area contributed by atoms with E-state index in [9.17, 15) is 24.9 Å². The Labute approximate surface area is 269 Å². The van der Waals surface area contributed by atoms with Crippen molar-refractivity contribution < 1.29 is 29.6 Å². The first-order chi connectivity index (χ1) is 20.9. The highest BCUT2D eigenvalue weighted by Gasteiger charge is 2.70. The molecule has 0 amide bonds. The van der Waals surface area contributed by atoms with Crippen molar-refractivity contribution in [2.75, 3.05) is 0 Å². The topological polar surface area (TPSA) is 104 Å². The molecular formula is C39H54O6. The van der Waals surface area contributed by atoms with Gasteiger partial charge in [0.25, 0.3) is 0 Å². The Balaban J connectivity index is 1.29. The maximum absolute atomic E-state index is 13.0. The van der Waals surface area contributed by atoms with Crippen LogP contribution in [0.1, 0.15) is 112 Å². The number of carbonyl (C=O) groups excluding carboxylic acids is 1. The zero-order valence-electron chi connectivity index (χ0n) is 28.4. The van der Waals surface area contributed by atoms with E-state index in [1.54, 1.807) is 30.3 Å². The second-order valence-electron chi connectivity index (χ2n) is 17.6. The van der Waals surface area contributed by atoms with Crippen LogP contribution in [0.3, 0.4) is 0 Å². The number of phenolic OH excluding ortho intramolecular Hbond substituents is 1. The number of allylic oxidation sites excluding steroid dienone is 2. The summed E-state index contributed by atoms with van der Waals surface area (Å²) in [6.07, 6.45) is 12.0. The number of benzene rings is 1. The molecule has 6 nitrogen and oxygen atoms in total. The number of hydrogen-bond acceptors (Lipinski definition) is 5. The summed E-state index contributed by atoms with van der Waals surface area (Å²) in [5, 5.41) is 31.9. The number of aliphatic hydroxyl groups excluding tert-OH is 1. The third kappa shape index (κ3) is 4.74. The van der Waals surface area contributed by atoms with Gasteiger partial charge in [0.1, 0.15) is 11.9 Å². The summed E-state index contributed by atoms with van der Waals surface area (Å²) in [5.41, 5.74) is 0.991. The summed E-state index contributed by atoms with van der Waals surface area (Å²) < 4.78 is 6.04. The lowest BCUT2D eigenvalue weighted by Gasteiger charge is -2.71. The summed E-state index contributed by atoms with van der Waals surface area (Å²) in [6, 6.07) is 6.62. The maximum Gasteiger partial charge on any atom is 0.331 e. The Morgan fingerprint density at radius 2 is 1.56 bits per heavy atom. The van der Waals surface area contributed by atoms with Crippen molar-refractivity contribution in [3.63, 3.8) is 0 Å². The second-order valence-corrected chi connectivity index (χ2v) is 17.6. The highest BCUT2D eigenvalue weighted by Crippen LogP contribution is 2.75. The van der Waals surface area contributed by atoms with Crippen molar-refractivity contribution in [2.45, 2.75) is 118 Å². The van der Waals surface area contributed by atoms with E-state index in [1.807, 2.05) is 0 Å². The van der Waals surface area contributed by atoms with Gasteiger partial charge < -0.3 is 20.1 Å². The SMILES string of the molecule is CC1(C)CC[C@]2(C(=O)O)CC[C@]3(C)C(=CCC4[C@@]5(C)C[C@@H](O)[C@H](OC(=O)C=Cc6ccc(O)cc6)C(C)(C)C5CC[C@]43C)C2C1. The van der Waals surface area contributed by atoms with Crippen molar-refractivity contribution in [3.05, 3.63) is 47.6 Å². The number of carboxylic acids is 1. The summed E-state index contributed by atoms with van der Waals surface area (Å²) >= 11 is 0. The molecular weight excluding hydrogens is 564 g/mol. The van der Waals surface area contributed by atoms with E-state index in [4.69, 9.17) is 4.74 Å². The number of fused-ring (bicyclic) bond motifs is 7. The number of esters is 1. The maximum atomic E-state index is 13.0. The van der Waals surface area contributed by atoms with E-state index in [-0.39, 0.29) is 39.2 Å². The molecule has 4 saturated carbocycles. The lowest BCUT2D eigenvalue weighted by Crippen LogP contribution is -2.67. The van der Waals surface area contributed by atoms with E-state index in [0.29, 0.717) is 12.3 Å². The van der Waals surface area contributed by atoms with Gasteiger partial charge in [0.15, 0.2) is 0 Å². The molecule has 5 aliphatic carbocycles. The van der Waals surface area contributed by atoms with Gasteiger partial charge in [0, 0.05) is 11.5 Å². The number of carboxylic acid groups (broad SMARTS) is 1. The van der Waals surface area contributed by atoms with Crippen molar-refractivity contribution >= 4 is 18.0 Å². The van der Waals surface area contributed by atoms with E-state index in [2.05, 4.69) is 54.5 Å². The van der Waals surface area contributed by atoms with Gasteiger partial charge in [-0.05, 0) is 121 Å². The predicted octanol–water partition coefficient (Wildman–Crippen LogP) is 8.17. The third-order valence-electron chi connectivity index (χ3n) is 14.5. The first kappa shape index (κ1) is 32.3. The molecule has 0 saturated heterocycles. The molecule has 1 aromatic rings. The van der Waals surface area contributed by atoms with Gasteiger partial charge in [0.05, 0.1) is 11.5 Å². The molecule has 1 aromatic carbocycles. The quantitative estimate of drug-likeness (QED) is 0.179. The number of ether oxygens (including phenoxy) is 1. The van der Waals surface area contributed by atoms with Crippen LogP contribution in [-0.4, -0.2) is 39.5 Å². The lowest BCUT2D eigenvalue weighted by molar-refractivity contribution is -0.238. The standard InChI is InChI=1S/C39H54O6/c1-34(2)18-20-39(33(43)44)21-19-37(6)26(27(39)22-34)13-14-30-36(5)23-28(41)32(35(3,4)29(36)16-17-38(30,37)7)45-31(42)15-10-24-8-11-25(40)12-9-24/h8-13,15,27-30,32,40-41H,14,16-23H2,1-7H3,(H,43,44)/t27?,28-,29?,30?,32+,36+,37-,38-,39+/m1/s1. The summed E-state index contributed by atoms with van der Waals surface area (Å²) in [7, 11) is 0. The fourth-order valence-electron chi connectivity index (χ4n) is 11.9. The molecule has 4 fully saturated rings. The summed E-state index contributed by atoms with van der Waals surface area (Å²) in [4.78, 5) is 26.0. The number of aliphatic hydroxyl groups is 1. The molecule has 246 valence electrons. The normalized spacial score (nSPS) is 43.2. The van der Waals surface area contributed by atoms with Gasteiger partial charge in [-0.25, -0.2) is 4.79 Å². The van der Waals surface area contributed by atoms with Gasteiger partial charge in [-0.15, -0.1) is 0 Å². The highest BCUT2D eigenvalue weighted by molar-refractivity contribution is 5.87. The first-order valence-corrected chi connectivity index (χ1v) is 17.2. The Bertz CT molecular complexity index is 1420. The molecule has 0 heterocycles. The van der Waals surface area contributed by atoms with Gasteiger partial charge in [-0.1, -0.05) is 72.2 Å². The number of hydrogen-bond donors (Lipinski definition) is 3. The zero-order valence-corrected chi connectivity index (χ0v) is 28.4. The minimum Gasteiger partial charge on any atom is -0.508 e. The van der Waals surface area contributed by atoms with Crippen LogP contribution in [0.4, 0.5) is 0 Å². The molecule has 0 aliphatic heterocycles.